The zero-order valence-corrected chi connectivity index (χ0v) is 11.1. The molecular formula is C12H12F3N3O3. The van der Waals surface area contributed by atoms with Gasteiger partial charge in [0.2, 0.25) is 0 Å². The van der Waals surface area contributed by atoms with Gasteiger partial charge in [-0.1, -0.05) is 0 Å². The quantitative estimate of drug-likeness (QED) is 0.888. The lowest BCUT2D eigenvalue weighted by atomic mass is 9.78. The van der Waals surface area contributed by atoms with Crippen molar-refractivity contribution in [3.8, 4) is 0 Å². The minimum absolute atomic E-state index is 0.00590. The lowest BCUT2D eigenvalue weighted by Gasteiger charge is -2.55. The normalized spacial score (nSPS) is 20.1. The first-order valence-electron chi connectivity index (χ1n) is 6.24. The van der Waals surface area contributed by atoms with Gasteiger partial charge < -0.3 is 14.7 Å². The summed E-state index contributed by atoms with van der Waals surface area (Å²) >= 11 is 0. The number of hydrogen-bond acceptors (Lipinski definition) is 5. The summed E-state index contributed by atoms with van der Waals surface area (Å²) in [6.45, 7) is 3.31. The number of hydrogen-bond donors (Lipinski definition) is 1. The van der Waals surface area contributed by atoms with Crippen molar-refractivity contribution in [2.75, 3.05) is 31.2 Å². The molecule has 0 radical (unpaired) electrons. The van der Waals surface area contributed by atoms with E-state index in [1.54, 1.807) is 4.90 Å². The second-order valence-corrected chi connectivity index (χ2v) is 5.52. The second-order valence-electron chi connectivity index (χ2n) is 5.52. The van der Waals surface area contributed by atoms with Gasteiger partial charge in [0.1, 0.15) is 5.56 Å². The van der Waals surface area contributed by atoms with Gasteiger partial charge in [-0.15, -0.1) is 10.2 Å². The standard InChI is InChI=1S/C12H12F3N3O3/c1-6-7(10(19)20)9(17-16-8(6)12(13,14)15)18-2-11(3-18)4-21-5-11/h2-5H2,1H3,(H,19,20). The van der Waals surface area contributed by atoms with Crippen molar-refractivity contribution in [1.29, 1.82) is 0 Å². The van der Waals surface area contributed by atoms with E-state index in [0.29, 0.717) is 26.3 Å². The lowest BCUT2D eigenvalue weighted by Crippen LogP contribution is -2.66. The second kappa shape index (κ2) is 4.30. The molecule has 1 aromatic rings. The molecule has 0 aromatic carbocycles. The molecule has 0 aliphatic carbocycles. The first-order valence-corrected chi connectivity index (χ1v) is 6.24. The smallest absolute Gasteiger partial charge is 0.435 e. The Morgan fingerprint density at radius 1 is 1.33 bits per heavy atom. The Balaban J connectivity index is 1.98. The number of carbonyl (C=O) groups is 1. The summed E-state index contributed by atoms with van der Waals surface area (Å²) in [5.41, 5.74) is -2.11. The summed E-state index contributed by atoms with van der Waals surface area (Å²) in [5.74, 6) is -1.45. The molecule has 1 N–H and O–H groups in total. The average Bonchev–Trinajstić information content (AvgIpc) is 2.22. The molecule has 0 atom stereocenters. The van der Waals surface area contributed by atoms with Crippen molar-refractivity contribution in [3.05, 3.63) is 16.8 Å². The van der Waals surface area contributed by atoms with E-state index >= 15 is 0 Å². The minimum atomic E-state index is -4.72. The Morgan fingerprint density at radius 2 is 1.95 bits per heavy atom. The molecular weight excluding hydrogens is 291 g/mol. The van der Waals surface area contributed by atoms with E-state index < -0.39 is 29.0 Å². The lowest BCUT2D eigenvalue weighted by molar-refractivity contribution is -0.142. The highest BCUT2D eigenvalue weighted by molar-refractivity contribution is 5.95. The molecule has 1 spiro atoms. The highest BCUT2D eigenvalue weighted by atomic mass is 19.4. The van der Waals surface area contributed by atoms with Gasteiger partial charge in [0, 0.05) is 18.7 Å². The zero-order chi connectivity index (χ0) is 15.4. The van der Waals surface area contributed by atoms with Crippen LogP contribution in [0.25, 0.3) is 0 Å². The maximum Gasteiger partial charge on any atom is 0.435 e. The molecule has 2 saturated heterocycles. The molecule has 0 amide bonds. The largest absolute Gasteiger partial charge is 0.478 e. The van der Waals surface area contributed by atoms with E-state index in [9.17, 15) is 23.1 Å². The zero-order valence-electron chi connectivity index (χ0n) is 11.1. The van der Waals surface area contributed by atoms with E-state index in [-0.39, 0.29) is 11.2 Å². The van der Waals surface area contributed by atoms with Crippen LogP contribution in [0.15, 0.2) is 0 Å². The third-order valence-corrected chi connectivity index (χ3v) is 3.85. The average molecular weight is 303 g/mol. The number of rotatable bonds is 2. The molecule has 3 rings (SSSR count). The number of anilines is 1. The third kappa shape index (κ3) is 2.11. The van der Waals surface area contributed by atoms with Crippen LogP contribution in [0.5, 0.6) is 0 Å². The minimum Gasteiger partial charge on any atom is -0.478 e. The van der Waals surface area contributed by atoms with Crippen molar-refractivity contribution in [2.45, 2.75) is 13.1 Å². The van der Waals surface area contributed by atoms with Crippen LogP contribution in [0.3, 0.4) is 0 Å². The van der Waals surface area contributed by atoms with Crippen molar-refractivity contribution in [1.82, 2.24) is 10.2 Å². The number of aromatic carboxylic acids is 1. The van der Waals surface area contributed by atoms with Crippen LogP contribution in [0.1, 0.15) is 21.6 Å². The van der Waals surface area contributed by atoms with Gasteiger partial charge in [-0.2, -0.15) is 13.2 Å². The fourth-order valence-corrected chi connectivity index (χ4v) is 2.74. The predicted molar refractivity (Wildman–Crippen MR) is 64.2 cm³/mol. The number of nitrogens with zero attached hydrogens (tertiary/aromatic N) is 3. The SMILES string of the molecule is Cc1c(C(F)(F)F)nnc(N2CC3(COC3)C2)c1C(=O)O. The predicted octanol–water partition coefficient (Wildman–Crippen LogP) is 1.34. The fraction of sp³-hybridized carbons (Fsp3) is 0.583. The number of ether oxygens (including phenoxy) is 1. The highest BCUT2D eigenvalue weighted by Crippen LogP contribution is 2.41. The van der Waals surface area contributed by atoms with Crippen LogP contribution in [0, 0.1) is 12.3 Å². The summed E-state index contributed by atoms with van der Waals surface area (Å²) in [5, 5.41) is 15.9. The van der Waals surface area contributed by atoms with E-state index in [0.717, 1.165) is 6.92 Å². The first-order chi connectivity index (χ1) is 9.73. The van der Waals surface area contributed by atoms with Crippen LogP contribution in [0.2, 0.25) is 0 Å². The Labute approximate surface area is 117 Å². The molecule has 0 bridgehead atoms. The van der Waals surface area contributed by atoms with Crippen molar-refractivity contribution < 1.29 is 27.8 Å². The van der Waals surface area contributed by atoms with Crippen LogP contribution in [0.4, 0.5) is 19.0 Å². The van der Waals surface area contributed by atoms with Gasteiger partial charge in [-0.05, 0) is 6.92 Å². The molecule has 0 saturated carbocycles. The van der Waals surface area contributed by atoms with Crippen LogP contribution < -0.4 is 4.90 Å². The summed E-state index contributed by atoms with van der Waals surface area (Å²) in [4.78, 5) is 13.0. The maximum absolute atomic E-state index is 12.8. The molecule has 3 heterocycles. The number of alkyl halides is 3. The molecule has 0 unspecified atom stereocenters. The highest BCUT2D eigenvalue weighted by Gasteiger charge is 2.51. The third-order valence-electron chi connectivity index (χ3n) is 3.85. The van der Waals surface area contributed by atoms with Gasteiger partial charge in [0.15, 0.2) is 11.5 Å². The number of halogens is 3. The number of aromatic nitrogens is 2. The van der Waals surface area contributed by atoms with Crippen molar-refractivity contribution in [3.63, 3.8) is 0 Å². The Bertz CT molecular complexity index is 606. The summed E-state index contributed by atoms with van der Waals surface area (Å²) in [7, 11) is 0. The van der Waals surface area contributed by atoms with Crippen LogP contribution >= 0.6 is 0 Å². The monoisotopic (exact) mass is 303 g/mol. The van der Waals surface area contributed by atoms with Crippen molar-refractivity contribution >= 4 is 11.8 Å². The Kier molecular flexibility index (Phi) is 2.88. The van der Waals surface area contributed by atoms with Gasteiger partial charge in [-0.25, -0.2) is 4.79 Å². The van der Waals surface area contributed by atoms with E-state index in [2.05, 4.69) is 10.2 Å². The molecule has 9 heteroatoms. The molecule has 114 valence electrons. The summed E-state index contributed by atoms with van der Waals surface area (Å²) in [6, 6.07) is 0. The van der Waals surface area contributed by atoms with E-state index in [1.165, 1.54) is 0 Å². The molecule has 2 aliphatic heterocycles. The fourth-order valence-electron chi connectivity index (χ4n) is 2.74. The van der Waals surface area contributed by atoms with E-state index in [1.807, 2.05) is 0 Å². The molecule has 21 heavy (non-hydrogen) atoms. The van der Waals surface area contributed by atoms with Gasteiger partial charge in [0.25, 0.3) is 0 Å². The summed E-state index contributed by atoms with van der Waals surface area (Å²) < 4.78 is 43.4. The number of carboxylic acid groups (broad SMARTS) is 1. The van der Waals surface area contributed by atoms with Crippen LogP contribution in [-0.4, -0.2) is 47.6 Å². The molecule has 2 aliphatic rings. The summed E-state index contributed by atoms with van der Waals surface area (Å²) in [6.07, 6.45) is -4.72. The molecule has 1 aromatic heterocycles. The van der Waals surface area contributed by atoms with Crippen molar-refractivity contribution in [2.24, 2.45) is 5.41 Å². The first kappa shape index (κ1) is 14.1. The number of carboxylic acids is 1. The topological polar surface area (TPSA) is 75.5 Å². The van der Waals surface area contributed by atoms with Crippen LogP contribution in [-0.2, 0) is 10.9 Å². The Hall–Kier alpha value is -1.90. The molecule has 2 fully saturated rings. The van der Waals surface area contributed by atoms with Gasteiger partial charge in [-0.3, -0.25) is 0 Å². The maximum atomic E-state index is 12.8. The van der Waals surface area contributed by atoms with E-state index in [4.69, 9.17) is 4.74 Å². The van der Waals surface area contributed by atoms with Gasteiger partial charge in [0.05, 0.1) is 18.6 Å². The van der Waals surface area contributed by atoms with Gasteiger partial charge >= 0.3 is 12.1 Å². The Morgan fingerprint density at radius 3 is 2.38 bits per heavy atom. The molecule has 6 nitrogen and oxygen atoms in total.